The monoisotopic (exact) mass is 343 g/mol. The Bertz CT molecular complexity index is 659. The topological polar surface area (TPSA) is 118 Å². The Morgan fingerprint density at radius 2 is 1.75 bits per heavy atom. The molecular formula is C10H18ClN3O4S2. The Kier molecular flexibility index (Phi) is 7.08. The molecule has 0 aliphatic heterocycles. The summed E-state index contributed by atoms with van der Waals surface area (Å²) in [5.41, 5.74) is 5.58. The first-order valence-electron chi connectivity index (χ1n) is 5.48. The highest BCUT2D eigenvalue weighted by Crippen LogP contribution is 2.19. The minimum atomic E-state index is -3.66. The molecule has 1 aromatic carbocycles. The molecule has 0 saturated heterocycles. The third-order valence-electron chi connectivity index (χ3n) is 2.45. The number of halogens is 1. The summed E-state index contributed by atoms with van der Waals surface area (Å²) in [5.74, 6) is 0. The summed E-state index contributed by atoms with van der Waals surface area (Å²) in [6, 6.07) is 3.82. The fourth-order valence-corrected chi connectivity index (χ4v) is 3.56. The predicted octanol–water partition coefficient (Wildman–Crippen LogP) is -0.438. The lowest BCUT2D eigenvalue weighted by Gasteiger charge is -2.10. The number of benzene rings is 1. The molecule has 20 heavy (non-hydrogen) atoms. The van der Waals surface area contributed by atoms with Crippen molar-refractivity contribution in [1.29, 1.82) is 0 Å². The van der Waals surface area contributed by atoms with Gasteiger partial charge >= 0.3 is 0 Å². The summed E-state index contributed by atoms with van der Waals surface area (Å²) in [6.07, 6.45) is 0. The highest BCUT2D eigenvalue weighted by atomic mass is 35.5. The maximum Gasteiger partial charge on any atom is 0.240 e. The fourth-order valence-electron chi connectivity index (χ4n) is 1.48. The van der Waals surface area contributed by atoms with E-state index < -0.39 is 20.0 Å². The van der Waals surface area contributed by atoms with Gasteiger partial charge in [0, 0.05) is 13.1 Å². The summed E-state index contributed by atoms with van der Waals surface area (Å²) in [7, 11) is -5.96. The van der Waals surface area contributed by atoms with Gasteiger partial charge in [-0.2, -0.15) is 0 Å². The number of aryl methyl sites for hydroxylation is 1. The first-order chi connectivity index (χ1) is 8.74. The lowest BCUT2D eigenvalue weighted by Crippen LogP contribution is -2.29. The van der Waals surface area contributed by atoms with Crippen LogP contribution in [0.1, 0.15) is 5.56 Å². The van der Waals surface area contributed by atoms with E-state index in [1.807, 2.05) is 0 Å². The van der Waals surface area contributed by atoms with Crippen LogP contribution in [0.3, 0.4) is 0 Å². The van der Waals surface area contributed by atoms with Crippen molar-refractivity contribution in [2.45, 2.75) is 16.7 Å². The van der Waals surface area contributed by atoms with Crippen molar-refractivity contribution in [3.05, 3.63) is 23.8 Å². The van der Waals surface area contributed by atoms with Crippen molar-refractivity contribution >= 4 is 32.5 Å². The summed E-state index contributed by atoms with van der Waals surface area (Å²) >= 11 is 0. The van der Waals surface area contributed by atoms with Gasteiger partial charge in [0.25, 0.3) is 0 Å². The smallest absolute Gasteiger partial charge is 0.240 e. The highest BCUT2D eigenvalue weighted by molar-refractivity contribution is 7.90. The zero-order valence-corrected chi connectivity index (χ0v) is 13.5. The molecule has 0 heterocycles. The lowest BCUT2D eigenvalue weighted by atomic mass is 10.2. The average Bonchev–Trinajstić information content (AvgIpc) is 2.36. The van der Waals surface area contributed by atoms with Crippen molar-refractivity contribution in [3.63, 3.8) is 0 Å². The number of hydrogen-bond acceptors (Lipinski definition) is 5. The van der Waals surface area contributed by atoms with Crippen LogP contribution in [-0.4, -0.2) is 37.0 Å². The first kappa shape index (κ1) is 19.3. The molecule has 0 unspecified atom stereocenters. The van der Waals surface area contributed by atoms with Crippen LogP contribution in [0.15, 0.2) is 28.0 Å². The molecule has 0 radical (unpaired) electrons. The van der Waals surface area contributed by atoms with Crippen LogP contribution in [0.25, 0.3) is 0 Å². The van der Waals surface area contributed by atoms with Crippen molar-refractivity contribution < 1.29 is 16.8 Å². The number of nitrogens with one attached hydrogen (secondary N) is 2. The van der Waals surface area contributed by atoms with E-state index in [0.717, 1.165) is 0 Å². The fraction of sp³-hybridized carbons (Fsp3) is 0.400. The molecule has 1 aromatic rings. The molecule has 0 aliphatic rings. The quantitative estimate of drug-likeness (QED) is 0.647. The maximum absolute atomic E-state index is 11.8. The summed E-state index contributed by atoms with van der Waals surface area (Å²) < 4.78 is 51.5. The molecule has 0 aliphatic carbocycles. The molecule has 0 aromatic heterocycles. The van der Waals surface area contributed by atoms with E-state index in [2.05, 4.69) is 9.44 Å². The van der Waals surface area contributed by atoms with E-state index >= 15 is 0 Å². The van der Waals surface area contributed by atoms with Gasteiger partial charge in [0.15, 0.2) is 0 Å². The summed E-state index contributed by atoms with van der Waals surface area (Å²) in [4.78, 5) is 0.0567. The van der Waals surface area contributed by atoms with Gasteiger partial charge in [-0.15, -0.1) is 12.4 Å². The van der Waals surface area contributed by atoms with Gasteiger partial charge < -0.3 is 5.73 Å². The van der Waals surface area contributed by atoms with E-state index in [1.54, 1.807) is 0 Å². The first-order valence-corrected chi connectivity index (χ1v) is 8.45. The lowest BCUT2D eigenvalue weighted by molar-refractivity contribution is 0.580. The van der Waals surface area contributed by atoms with Gasteiger partial charge in [-0.05, 0) is 37.7 Å². The molecule has 0 fully saturated rings. The molecule has 116 valence electrons. The van der Waals surface area contributed by atoms with Crippen molar-refractivity contribution in [3.8, 4) is 0 Å². The second-order valence-corrected chi connectivity index (χ2v) is 7.44. The van der Waals surface area contributed by atoms with Crippen LogP contribution in [0.5, 0.6) is 0 Å². The SMILES string of the molecule is CNS(=O)(=O)c1ccc(S(=O)(=O)NCCN)cc1C.Cl. The van der Waals surface area contributed by atoms with Crippen LogP contribution < -0.4 is 15.2 Å². The third kappa shape index (κ3) is 4.40. The van der Waals surface area contributed by atoms with Crippen molar-refractivity contribution in [1.82, 2.24) is 9.44 Å². The normalized spacial score (nSPS) is 11.9. The Labute approximate surface area is 125 Å². The highest BCUT2D eigenvalue weighted by Gasteiger charge is 2.19. The molecule has 10 heteroatoms. The Balaban J connectivity index is 0.00000361. The molecule has 0 spiro atoms. The molecule has 0 bridgehead atoms. The standard InChI is InChI=1S/C10H17N3O4S2.ClH/c1-8-7-9(18(14,15)13-6-5-11)3-4-10(8)19(16,17)12-2;/h3-4,7,12-13H,5-6,11H2,1-2H3;1H. The van der Waals surface area contributed by atoms with E-state index in [0.29, 0.717) is 5.56 Å². The second kappa shape index (κ2) is 7.34. The Hall–Kier alpha value is -0.710. The zero-order chi connectivity index (χ0) is 14.7. The van der Waals surface area contributed by atoms with E-state index in [-0.39, 0.29) is 35.3 Å². The van der Waals surface area contributed by atoms with Gasteiger partial charge in [-0.3, -0.25) is 0 Å². The Morgan fingerprint density at radius 1 is 1.15 bits per heavy atom. The van der Waals surface area contributed by atoms with E-state index in [1.165, 1.54) is 32.2 Å². The van der Waals surface area contributed by atoms with Crippen LogP contribution in [-0.2, 0) is 20.0 Å². The van der Waals surface area contributed by atoms with Gasteiger partial charge in [0.2, 0.25) is 20.0 Å². The van der Waals surface area contributed by atoms with E-state index in [9.17, 15) is 16.8 Å². The maximum atomic E-state index is 11.8. The number of rotatable bonds is 6. The minimum Gasteiger partial charge on any atom is -0.329 e. The van der Waals surface area contributed by atoms with Gasteiger partial charge in [0.05, 0.1) is 9.79 Å². The summed E-state index contributed by atoms with van der Waals surface area (Å²) in [5, 5.41) is 0. The molecule has 1 rings (SSSR count). The average molecular weight is 344 g/mol. The zero-order valence-electron chi connectivity index (χ0n) is 11.1. The van der Waals surface area contributed by atoms with Crippen LogP contribution in [0.4, 0.5) is 0 Å². The van der Waals surface area contributed by atoms with Gasteiger partial charge in [-0.1, -0.05) is 0 Å². The van der Waals surface area contributed by atoms with Crippen molar-refractivity contribution in [2.24, 2.45) is 5.73 Å². The number of nitrogens with two attached hydrogens (primary N) is 1. The third-order valence-corrected chi connectivity index (χ3v) is 5.48. The van der Waals surface area contributed by atoms with E-state index in [4.69, 9.17) is 5.73 Å². The molecule has 0 atom stereocenters. The van der Waals surface area contributed by atoms with Gasteiger partial charge in [-0.25, -0.2) is 26.3 Å². The largest absolute Gasteiger partial charge is 0.329 e. The molecule has 0 amide bonds. The molecule has 4 N–H and O–H groups in total. The number of hydrogen-bond donors (Lipinski definition) is 3. The number of sulfonamides is 2. The van der Waals surface area contributed by atoms with Crippen molar-refractivity contribution in [2.75, 3.05) is 20.1 Å². The second-order valence-electron chi connectivity index (χ2n) is 3.82. The van der Waals surface area contributed by atoms with Gasteiger partial charge in [0.1, 0.15) is 0 Å². The minimum absolute atomic E-state index is 0. The van der Waals surface area contributed by atoms with Crippen LogP contribution >= 0.6 is 12.4 Å². The summed E-state index contributed by atoms with van der Waals surface area (Å²) in [6.45, 7) is 1.84. The molecule has 7 nitrogen and oxygen atoms in total. The molecule has 0 saturated carbocycles. The molecular weight excluding hydrogens is 326 g/mol. The Morgan fingerprint density at radius 3 is 2.20 bits per heavy atom. The van der Waals surface area contributed by atoms with Crippen LogP contribution in [0.2, 0.25) is 0 Å². The van der Waals surface area contributed by atoms with Crippen LogP contribution in [0, 0.1) is 6.92 Å². The predicted molar refractivity (Wildman–Crippen MR) is 78.9 cm³/mol.